The number of halogens is 2. The predicted molar refractivity (Wildman–Crippen MR) is 71.7 cm³/mol. The van der Waals surface area contributed by atoms with Crippen molar-refractivity contribution >= 4 is 29.1 Å². The maximum atomic E-state index is 5.99. The Balaban J connectivity index is 1.86. The molecule has 1 aromatic carbocycles. The molecule has 0 spiro atoms. The van der Waals surface area contributed by atoms with Gasteiger partial charge in [-0.05, 0) is 31.0 Å². The molecule has 1 fully saturated rings. The van der Waals surface area contributed by atoms with Gasteiger partial charge in [-0.1, -0.05) is 23.2 Å². The van der Waals surface area contributed by atoms with Crippen molar-refractivity contribution < 1.29 is 9.47 Å². The maximum Gasteiger partial charge on any atom is 0.216 e. The third-order valence-corrected chi connectivity index (χ3v) is 3.60. The average molecular weight is 286 g/mol. The Morgan fingerprint density at radius 3 is 2.67 bits per heavy atom. The van der Waals surface area contributed by atoms with Crippen LogP contribution in [0.2, 0.25) is 10.0 Å². The Kier molecular flexibility index (Phi) is 3.46. The molecule has 2 aliphatic heterocycles. The fourth-order valence-corrected chi connectivity index (χ4v) is 2.83. The number of benzene rings is 1. The van der Waals surface area contributed by atoms with E-state index in [4.69, 9.17) is 32.7 Å². The largest absolute Gasteiger partial charge is 0.471 e. The lowest BCUT2D eigenvalue weighted by atomic mass is 10.0. The van der Waals surface area contributed by atoms with E-state index in [0.29, 0.717) is 22.5 Å². The number of hydrogen-bond acceptors (Lipinski definition) is 3. The van der Waals surface area contributed by atoms with Crippen LogP contribution >= 0.6 is 23.2 Å². The molecule has 0 aromatic heterocycles. The lowest BCUT2D eigenvalue weighted by molar-refractivity contribution is -0.0694. The highest BCUT2D eigenvalue weighted by Gasteiger charge is 2.32. The Bertz CT molecular complexity index is 470. The number of rotatable bonds is 1. The minimum atomic E-state index is 0.0946. The van der Waals surface area contributed by atoms with Crippen LogP contribution in [0.5, 0.6) is 0 Å². The van der Waals surface area contributed by atoms with Crippen LogP contribution in [0.1, 0.15) is 18.4 Å². The Hall–Kier alpha value is -0.770. The van der Waals surface area contributed by atoms with Gasteiger partial charge in [-0.2, -0.15) is 0 Å². The minimum absolute atomic E-state index is 0.0946. The molecule has 3 nitrogen and oxygen atoms in total. The molecule has 0 N–H and O–H groups in total. The third kappa shape index (κ3) is 2.48. The van der Waals surface area contributed by atoms with Gasteiger partial charge in [0, 0.05) is 22.2 Å². The molecule has 0 radical (unpaired) electrons. The summed E-state index contributed by atoms with van der Waals surface area (Å²) in [6, 6.07) is 5.33. The number of hydrogen-bond donors (Lipinski definition) is 0. The summed E-state index contributed by atoms with van der Waals surface area (Å²) in [6.45, 7) is 1.45. The van der Waals surface area contributed by atoms with Gasteiger partial charge in [0.2, 0.25) is 5.90 Å². The molecular weight excluding hydrogens is 273 g/mol. The van der Waals surface area contributed by atoms with E-state index in [2.05, 4.69) is 4.99 Å². The van der Waals surface area contributed by atoms with Gasteiger partial charge in [-0.15, -0.1) is 0 Å². The highest BCUT2D eigenvalue weighted by atomic mass is 35.5. The minimum Gasteiger partial charge on any atom is -0.471 e. The van der Waals surface area contributed by atoms with E-state index in [9.17, 15) is 0 Å². The van der Waals surface area contributed by atoms with Gasteiger partial charge < -0.3 is 9.47 Å². The summed E-state index contributed by atoms with van der Waals surface area (Å²) >= 11 is 12.0. The topological polar surface area (TPSA) is 30.8 Å². The van der Waals surface area contributed by atoms with Crippen molar-refractivity contribution in [3.8, 4) is 0 Å². The third-order valence-electron chi connectivity index (χ3n) is 3.17. The Morgan fingerprint density at radius 2 is 1.89 bits per heavy atom. The SMILES string of the molecule is Clc1cc(Cl)cc(C2=NC[C@H]3OCCC[C@@H]3O2)c1. The van der Waals surface area contributed by atoms with Crippen LogP contribution in [0.15, 0.2) is 23.2 Å². The van der Waals surface area contributed by atoms with Gasteiger partial charge in [0.15, 0.2) is 0 Å². The van der Waals surface area contributed by atoms with Gasteiger partial charge in [0.1, 0.15) is 12.2 Å². The highest BCUT2D eigenvalue weighted by molar-refractivity contribution is 6.35. The predicted octanol–water partition coefficient (Wildman–Crippen LogP) is 3.32. The second-order valence-corrected chi connectivity index (χ2v) is 5.38. The molecule has 0 saturated carbocycles. The molecule has 5 heteroatoms. The van der Waals surface area contributed by atoms with Crippen LogP contribution in [0.25, 0.3) is 0 Å². The van der Waals surface area contributed by atoms with E-state index in [1.165, 1.54) is 0 Å². The van der Waals surface area contributed by atoms with Crippen molar-refractivity contribution in [3.63, 3.8) is 0 Å². The van der Waals surface area contributed by atoms with Crippen LogP contribution in [-0.2, 0) is 9.47 Å². The molecule has 2 aliphatic rings. The summed E-state index contributed by atoms with van der Waals surface area (Å²) in [4.78, 5) is 4.42. The number of fused-ring (bicyclic) bond motifs is 1. The summed E-state index contributed by atoms with van der Waals surface area (Å²) in [6.07, 6.45) is 2.24. The molecule has 0 unspecified atom stereocenters. The summed E-state index contributed by atoms with van der Waals surface area (Å²) < 4.78 is 11.5. The summed E-state index contributed by atoms with van der Waals surface area (Å²) in [5.41, 5.74) is 0.830. The fraction of sp³-hybridized carbons (Fsp3) is 0.462. The van der Waals surface area contributed by atoms with Crippen molar-refractivity contribution in [2.75, 3.05) is 13.2 Å². The zero-order chi connectivity index (χ0) is 12.5. The molecule has 2 heterocycles. The van der Waals surface area contributed by atoms with Crippen LogP contribution in [0.3, 0.4) is 0 Å². The molecule has 18 heavy (non-hydrogen) atoms. The molecule has 0 aliphatic carbocycles. The first-order valence-corrected chi connectivity index (χ1v) is 6.77. The lowest BCUT2D eigenvalue weighted by Gasteiger charge is -2.34. The lowest BCUT2D eigenvalue weighted by Crippen LogP contribution is -2.43. The molecule has 1 aromatic rings. The fourth-order valence-electron chi connectivity index (χ4n) is 2.31. The zero-order valence-electron chi connectivity index (χ0n) is 9.73. The Labute approximate surface area is 116 Å². The first-order valence-electron chi connectivity index (χ1n) is 6.01. The van der Waals surface area contributed by atoms with Gasteiger partial charge in [-0.25, -0.2) is 4.99 Å². The van der Waals surface area contributed by atoms with Gasteiger partial charge in [0.25, 0.3) is 0 Å². The first kappa shape index (κ1) is 12.3. The van der Waals surface area contributed by atoms with E-state index >= 15 is 0 Å². The summed E-state index contributed by atoms with van der Waals surface area (Å²) in [5.74, 6) is 0.617. The van der Waals surface area contributed by atoms with Crippen molar-refractivity contribution in [3.05, 3.63) is 33.8 Å². The van der Waals surface area contributed by atoms with E-state index in [0.717, 1.165) is 25.0 Å². The van der Waals surface area contributed by atoms with Gasteiger partial charge >= 0.3 is 0 Å². The maximum absolute atomic E-state index is 5.99. The highest BCUT2D eigenvalue weighted by Crippen LogP contribution is 2.26. The standard InChI is InChI=1S/C13H13Cl2NO2/c14-9-4-8(5-10(15)6-9)13-16-7-12-11(18-13)2-1-3-17-12/h4-6,11-12H,1-3,7H2/t11-,12+/m0/s1. The number of nitrogens with zero attached hydrogens (tertiary/aromatic N) is 1. The first-order chi connectivity index (χ1) is 8.72. The van der Waals surface area contributed by atoms with Gasteiger partial charge in [-0.3, -0.25) is 0 Å². The van der Waals surface area contributed by atoms with E-state index in [1.807, 2.05) is 12.1 Å². The van der Waals surface area contributed by atoms with Crippen molar-refractivity contribution in [2.24, 2.45) is 4.99 Å². The van der Waals surface area contributed by atoms with E-state index < -0.39 is 0 Å². The molecular formula is C13H13Cl2NO2. The van der Waals surface area contributed by atoms with Crippen molar-refractivity contribution in [2.45, 2.75) is 25.0 Å². The smallest absolute Gasteiger partial charge is 0.216 e. The molecule has 2 atom stereocenters. The molecule has 0 amide bonds. The van der Waals surface area contributed by atoms with Crippen LogP contribution in [0.4, 0.5) is 0 Å². The van der Waals surface area contributed by atoms with Crippen molar-refractivity contribution in [1.82, 2.24) is 0 Å². The number of aliphatic imine (C=N–C) groups is 1. The molecule has 3 rings (SSSR count). The van der Waals surface area contributed by atoms with E-state index in [-0.39, 0.29) is 12.2 Å². The normalized spacial score (nSPS) is 27.1. The monoisotopic (exact) mass is 285 g/mol. The Morgan fingerprint density at radius 1 is 1.11 bits per heavy atom. The van der Waals surface area contributed by atoms with Crippen LogP contribution < -0.4 is 0 Å². The number of ether oxygens (including phenoxy) is 2. The summed E-state index contributed by atoms with van der Waals surface area (Å²) in [5, 5.41) is 1.18. The molecule has 96 valence electrons. The second-order valence-electron chi connectivity index (χ2n) is 4.51. The molecule has 0 bridgehead atoms. The van der Waals surface area contributed by atoms with Crippen LogP contribution in [-0.4, -0.2) is 31.3 Å². The summed E-state index contributed by atoms with van der Waals surface area (Å²) in [7, 11) is 0. The quantitative estimate of drug-likeness (QED) is 0.793. The van der Waals surface area contributed by atoms with Crippen molar-refractivity contribution in [1.29, 1.82) is 0 Å². The van der Waals surface area contributed by atoms with Crippen LogP contribution in [0, 0.1) is 0 Å². The van der Waals surface area contributed by atoms with Gasteiger partial charge in [0.05, 0.1) is 6.54 Å². The second kappa shape index (κ2) is 5.08. The zero-order valence-corrected chi connectivity index (χ0v) is 11.2. The average Bonchev–Trinajstić information content (AvgIpc) is 2.37. The molecule has 1 saturated heterocycles. The van der Waals surface area contributed by atoms with E-state index in [1.54, 1.807) is 6.07 Å².